The molecule has 11 nitrogen and oxygen atoms in total. The second kappa shape index (κ2) is 9.56. The molecular formula is C27H29N7O4. The van der Waals surface area contributed by atoms with E-state index in [1.54, 1.807) is 18.0 Å². The van der Waals surface area contributed by atoms with E-state index in [-0.39, 0.29) is 23.9 Å². The van der Waals surface area contributed by atoms with Gasteiger partial charge in [0.2, 0.25) is 11.8 Å². The van der Waals surface area contributed by atoms with Gasteiger partial charge >= 0.3 is 0 Å². The molecule has 1 amide bonds. The fourth-order valence-corrected chi connectivity index (χ4v) is 4.95. The van der Waals surface area contributed by atoms with Gasteiger partial charge in [0.05, 0.1) is 31.1 Å². The number of nitrogens with zero attached hydrogens (tertiary/aromatic N) is 6. The topological polar surface area (TPSA) is 127 Å². The Morgan fingerprint density at radius 1 is 1.16 bits per heavy atom. The summed E-state index contributed by atoms with van der Waals surface area (Å²) in [6, 6.07) is 11.3. The number of carbonyl (C=O) groups excluding carboxylic acids is 1. The Kier molecular flexibility index (Phi) is 6.07. The largest absolute Gasteiger partial charge is 0.480 e. The zero-order valence-electron chi connectivity index (χ0n) is 21.1. The smallest absolute Gasteiger partial charge is 0.264 e. The number of anilines is 2. The molecule has 2 N–H and O–H groups in total. The lowest BCUT2D eigenvalue weighted by Crippen LogP contribution is -2.50. The lowest BCUT2D eigenvalue weighted by molar-refractivity contribution is -0.137. The summed E-state index contributed by atoms with van der Waals surface area (Å²) >= 11 is 0. The second-order valence-corrected chi connectivity index (χ2v) is 10.0. The number of methoxy groups -OCH3 is 1. The van der Waals surface area contributed by atoms with Crippen molar-refractivity contribution >= 4 is 28.3 Å². The van der Waals surface area contributed by atoms with Crippen molar-refractivity contribution in [3.8, 4) is 11.6 Å². The number of nitrogens with one attached hydrogen (secondary N) is 1. The molecule has 0 bridgehead atoms. The van der Waals surface area contributed by atoms with Crippen LogP contribution >= 0.6 is 0 Å². The molecule has 196 valence electrons. The summed E-state index contributed by atoms with van der Waals surface area (Å²) in [6.07, 6.45) is 7.44. The predicted octanol–water partition coefficient (Wildman–Crippen LogP) is 2.49. The van der Waals surface area contributed by atoms with Crippen LogP contribution in [0.5, 0.6) is 5.88 Å². The molecule has 2 aliphatic rings. The summed E-state index contributed by atoms with van der Waals surface area (Å²) in [7, 11) is 1.57. The van der Waals surface area contributed by atoms with Gasteiger partial charge < -0.3 is 20.1 Å². The van der Waals surface area contributed by atoms with Gasteiger partial charge in [-0.2, -0.15) is 5.10 Å². The van der Waals surface area contributed by atoms with Gasteiger partial charge in [0, 0.05) is 30.9 Å². The number of likely N-dealkylation sites (tertiary alicyclic amines) is 1. The summed E-state index contributed by atoms with van der Waals surface area (Å²) in [5, 5.41) is 19.2. The van der Waals surface area contributed by atoms with E-state index in [0.29, 0.717) is 42.8 Å². The fraction of sp³-hybridized carbons (Fsp3) is 0.370. The first kappa shape index (κ1) is 24.1. The maximum absolute atomic E-state index is 13.2. The summed E-state index contributed by atoms with van der Waals surface area (Å²) in [5.41, 5.74) is 1.46. The van der Waals surface area contributed by atoms with Crippen LogP contribution in [0.2, 0.25) is 0 Å². The highest BCUT2D eigenvalue weighted by molar-refractivity contribution is 5.81. The summed E-state index contributed by atoms with van der Waals surface area (Å²) < 4.78 is 8.35. The normalized spacial score (nSPS) is 16.9. The minimum absolute atomic E-state index is 0.129. The number of ether oxygens (including phenoxy) is 1. The van der Waals surface area contributed by atoms with Crippen LogP contribution < -0.4 is 15.6 Å². The molecule has 0 atom stereocenters. The third-order valence-electron chi connectivity index (χ3n) is 7.31. The molecule has 4 aromatic rings. The second-order valence-electron chi connectivity index (χ2n) is 10.0. The van der Waals surface area contributed by atoms with Gasteiger partial charge in [-0.25, -0.2) is 14.6 Å². The van der Waals surface area contributed by atoms with Crippen molar-refractivity contribution in [2.75, 3.05) is 25.5 Å². The predicted molar refractivity (Wildman–Crippen MR) is 141 cm³/mol. The van der Waals surface area contributed by atoms with Crippen LogP contribution in [-0.4, -0.2) is 66.0 Å². The van der Waals surface area contributed by atoms with Gasteiger partial charge in [-0.1, -0.05) is 0 Å². The van der Waals surface area contributed by atoms with E-state index in [9.17, 15) is 14.7 Å². The molecule has 1 aliphatic heterocycles. The molecule has 2 fully saturated rings. The van der Waals surface area contributed by atoms with Crippen LogP contribution in [0.15, 0.2) is 59.9 Å². The number of carbonyl (C=O) groups is 1. The molecule has 1 saturated heterocycles. The number of hydrogen-bond acceptors (Lipinski definition) is 8. The van der Waals surface area contributed by atoms with E-state index in [2.05, 4.69) is 20.4 Å². The lowest BCUT2D eigenvalue weighted by atomic mass is 9.91. The maximum Gasteiger partial charge on any atom is 0.264 e. The van der Waals surface area contributed by atoms with E-state index in [4.69, 9.17) is 4.74 Å². The lowest BCUT2D eigenvalue weighted by Gasteiger charge is -2.38. The Morgan fingerprint density at radius 2 is 1.92 bits per heavy atom. The molecule has 3 aromatic heterocycles. The van der Waals surface area contributed by atoms with Gasteiger partial charge in [0.25, 0.3) is 5.56 Å². The zero-order chi connectivity index (χ0) is 26.3. The van der Waals surface area contributed by atoms with Crippen molar-refractivity contribution in [1.29, 1.82) is 0 Å². The first-order valence-electron chi connectivity index (χ1n) is 12.7. The molecule has 11 heteroatoms. The number of pyridine rings is 1. The number of aliphatic hydroxyl groups is 1. The maximum atomic E-state index is 13.2. The minimum Gasteiger partial charge on any atom is -0.480 e. The summed E-state index contributed by atoms with van der Waals surface area (Å²) in [5.74, 6) is 0.863. The van der Waals surface area contributed by atoms with Crippen LogP contribution in [0.3, 0.4) is 0 Å². The van der Waals surface area contributed by atoms with Crippen molar-refractivity contribution in [1.82, 2.24) is 29.2 Å². The van der Waals surface area contributed by atoms with Crippen molar-refractivity contribution in [2.45, 2.75) is 37.8 Å². The number of benzene rings is 1. The van der Waals surface area contributed by atoms with Gasteiger partial charge in [-0.15, -0.1) is 0 Å². The molecule has 1 aromatic carbocycles. The third kappa shape index (κ3) is 4.60. The van der Waals surface area contributed by atoms with E-state index >= 15 is 0 Å². The first-order valence-corrected chi connectivity index (χ1v) is 12.7. The van der Waals surface area contributed by atoms with Gasteiger partial charge in [0.15, 0.2) is 5.65 Å². The third-order valence-corrected chi connectivity index (χ3v) is 7.31. The highest BCUT2D eigenvalue weighted by Gasteiger charge is 2.39. The number of fused-ring (bicyclic) bond motifs is 1. The molecule has 6 rings (SSSR count). The molecule has 0 spiro atoms. The first-order chi connectivity index (χ1) is 18.4. The fourth-order valence-electron chi connectivity index (χ4n) is 4.95. The van der Waals surface area contributed by atoms with Gasteiger partial charge in [-0.3, -0.25) is 14.2 Å². The van der Waals surface area contributed by atoms with Crippen molar-refractivity contribution in [2.24, 2.45) is 5.92 Å². The molecule has 1 saturated carbocycles. The molecule has 38 heavy (non-hydrogen) atoms. The average Bonchev–Trinajstić information content (AvgIpc) is 3.70. The summed E-state index contributed by atoms with van der Waals surface area (Å²) in [6.45, 7) is 1.14. The average molecular weight is 516 g/mol. The Hall–Kier alpha value is -4.25. The number of piperidine rings is 1. The van der Waals surface area contributed by atoms with Crippen LogP contribution in [-0.2, 0) is 11.3 Å². The van der Waals surface area contributed by atoms with E-state index in [0.717, 1.165) is 29.9 Å². The zero-order valence-corrected chi connectivity index (χ0v) is 21.1. The van der Waals surface area contributed by atoms with Crippen LogP contribution in [0.4, 0.5) is 11.4 Å². The Morgan fingerprint density at radius 3 is 2.63 bits per heavy atom. The molecule has 1 aliphatic carbocycles. The van der Waals surface area contributed by atoms with E-state index in [1.807, 2.05) is 41.3 Å². The minimum atomic E-state index is -1.06. The molecule has 4 heterocycles. The Labute approximate surface area is 218 Å². The Bertz CT molecular complexity index is 1530. The molecule has 0 unspecified atom stereocenters. The molecular weight excluding hydrogens is 486 g/mol. The summed E-state index contributed by atoms with van der Waals surface area (Å²) in [4.78, 5) is 36.1. The highest BCUT2D eigenvalue weighted by atomic mass is 16.5. The highest BCUT2D eigenvalue weighted by Crippen LogP contribution is 2.33. The molecule has 0 radical (unpaired) electrons. The van der Waals surface area contributed by atoms with Crippen LogP contribution in [0, 0.1) is 5.92 Å². The van der Waals surface area contributed by atoms with Gasteiger partial charge in [-0.05, 0) is 62.1 Å². The monoisotopic (exact) mass is 515 g/mol. The number of amides is 1. The quantitative estimate of drug-likeness (QED) is 0.384. The number of aromatic nitrogens is 5. The van der Waals surface area contributed by atoms with Crippen LogP contribution in [0.1, 0.15) is 25.7 Å². The van der Waals surface area contributed by atoms with Crippen molar-refractivity contribution in [3.05, 3.63) is 65.5 Å². The van der Waals surface area contributed by atoms with Crippen LogP contribution in [0.25, 0.3) is 16.7 Å². The van der Waals surface area contributed by atoms with E-state index < -0.39 is 5.60 Å². The van der Waals surface area contributed by atoms with Gasteiger partial charge in [0.1, 0.15) is 17.4 Å². The SMILES string of the molecule is COc1ncccc1Nc1ccc(-n2ncc3c(=O)n(CC4(O)CCN(C(=O)C5CC5)CC4)cnc32)cc1. The van der Waals surface area contributed by atoms with E-state index in [1.165, 1.54) is 17.1 Å². The Balaban J connectivity index is 1.18. The standard InChI is InChI=1S/C27H29N7O4/c1-38-24-22(3-2-12-28-24)31-19-6-8-20(9-7-19)34-23-21(15-30-34)26(36)33(17-29-23)16-27(37)10-13-32(14-11-27)25(35)18-4-5-18/h2-3,6-9,12,15,17-18,31,37H,4-5,10-11,13-14,16H2,1H3. The van der Waals surface area contributed by atoms with Crippen molar-refractivity contribution in [3.63, 3.8) is 0 Å². The number of rotatable bonds is 7. The number of hydrogen-bond donors (Lipinski definition) is 2. The van der Waals surface area contributed by atoms with Crippen molar-refractivity contribution < 1.29 is 14.6 Å².